The highest BCUT2D eigenvalue weighted by atomic mass is 19.1. The minimum Gasteiger partial charge on any atom is -0.438 e. The number of amides is 2. The van der Waals surface area contributed by atoms with E-state index in [2.05, 4.69) is 25.9 Å². The molecule has 4 rings (SSSR count). The molecule has 4 aromatic rings. The smallest absolute Gasteiger partial charge is 0.323 e. The van der Waals surface area contributed by atoms with E-state index in [1.807, 2.05) is 0 Å². The van der Waals surface area contributed by atoms with Crippen LogP contribution < -0.4 is 15.4 Å². The summed E-state index contributed by atoms with van der Waals surface area (Å²) in [7, 11) is 0. The summed E-state index contributed by atoms with van der Waals surface area (Å²) < 4.78 is 20.1. The number of ether oxygens (including phenoxy) is 1. The Hall–Kier alpha value is -4.27. The number of anilines is 2. The Balaban J connectivity index is 1.34. The Morgan fingerprint density at radius 2 is 1.59 bits per heavy atom. The third-order valence-corrected chi connectivity index (χ3v) is 3.80. The van der Waals surface area contributed by atoms with Crippen LogP contribution in [0.3, 0.4) is 0 Å². The number of carbonyl (C=O) groups is 1. The molecule has 2 aromatic heterocycles. The first-order valence-electron chi connectivity index (χ1n) is 8.61. The van der Waals surface area contributed by atoms with E-state index in [0.29, 0.717) is 28.8 Å². The third-order valence-electron chi connectivity index (χ3n) is 3.80. The molecule has 0 aliphatic rings. The van der Waals surface area contributed by atoms with E-state index in [1.54, 1.807) is 59.5 Å². The molecular formula is C20H15FN6O2. The maximum Gasteiger partial charge on any atom is 0.323 e. The number of urea groups is 1. The molecule has 0 saturated heterocycles. The summed E-state index contributed by atoms with van der Waals surface area (Å²) in [5, 5.41) is 17.4. The van der Waals surface area contributed by atoms with Crippen molar-refractivity contribution in [2.75, 3.05) is 10.6 Å². The van der Waals surface area contributed by atoms with Crippen LogP contribution >= 0.6 is 0 Å². The summed E-state index contributed by atoms with van der Waals surface area (Å²) in [4.78, 5) is 12.0. The van der Waals surface area contributed by atoms with Gasteiger partial charge < -0.3 is 15.4 Å². The first kappa shape index (κ1) is 18.1. The molecule has 2 aromatic carbocycles. The average Bonchev–Trinajstić information content (AvgIpc) is 3.27. The number of rotatable bonds is 5. The normalized spacial score (nSPS) is 10.4. The van der Waals surface area contributed by atoms with E-state index < -0.39 is 6.03 Å². The SMILES string of the molecule is O=C(Nc1ccc(F)cc1)Nc1ccc(Oc2ccc(-n3cccn3)nn2)cc1. The zero-order chi connectivity index (χ0) is 20.1. The molecule has 0 aliphatic carbocycles. The maximum absolute atomic E-state index is 12.9. The number of hydrogen-bond acceptors (Lipinski definition) is 5. The topological polar surface area (TPSA) is 94.0 Å². The Labute approximate surface area is 165 Å². The lowest BCUT2D eigenvalue weighted by atomic mass is 10.3. The molecule has 144 valence electrons. The van der Waals surface area contributed by atoms with Crippen LogP contribution in [0.15, 0.2) is 79.1 Å². The quantitative estimate of drug-likeness (QED) is 0.532. The molecular weight excluding hydrogens is 375 g/mol. The van der Waals surface area contributed by atoms with Gasteiger partial charge in [-0.3, -0.25) is 0 Å². The van der Waals surface area contributed by atoms with E-state index in [4.69, 9.17) is 4.74 Å². The first-order valence-corrected chi connectivity index (χ1v) is 8.61. The van der Waals surface area contributed by atoms with Crippen LogP contribution in [-0.4, -0.2) is 26.0 Å². The van der Waals surface area contributed by atoms with Crippen molar-refractivity contribution in [2.24, 2.45) is 0 Å². The fraction of sp³-hybridized carbons (Fsp3) is 0. The fourth-order valence-corrected chi connectivity index (χ4v) is 2.45. The Morgan fingerprint density at radius 3 is 2.17 bits per heavy atom. The van der Waals surface area contributed by atoms with E-state index >= 15 is 0 Å². The van der Waals surface area contributed by atoms with Crippen molar-refractivity contribution in [3.8, 4) is 17.4 Å². The molecule has 2 N–H and O–H groups in total. The molecule has 0 aliphatic heterocycles. The van der Waals surface area contributed by atoms with Gasteiger partial charge in [0.1, 0.15) is 11.6 Å². The van der Waals surface area contributed by atoms with Gasteiger partial charge in [0.2, 0.25) is 5.88 Å². The number of carbonyl (C=O) groups excluding carboxylic acids is 1. The molecule has 29 heavy (non-hydrogen) atoms. The molecule has 0 spiro atoms. The molecule has 0 saturated carbocycles. The molecule has 8 nitrogen and oxygen atoms in total. The highest BCUT2D eigenvalue weighted by molar-refractivity contribution is 5.99. The third kappa shape index (κ3) is 4.72. The van der Waals surface area contributed by atoms with Crippen molar-refractivity contribution >= 4 is 17.4 Å². The first-order chi connectivity index (χ1) is 14.2. The van der Waals surface area contributed by atoms with Crippen LogP contribution in [0.2, 0.25) is 0 Å². The van der Waals surface area contributed by atoms with Gasteiger partial charge in [-0.05, 0) is 60.7 Å². The van der Waals surface area contributed by atoms with Gasteiger partial charge in [-0.25, -0.2) is 13.9 Å². The second-order valence-corrected chi connectivity index (χ2v) is 5.89. The monoisotopic (exact) mass is 390 g/mol. The van der Waals surface area contributed by atoms with Gasteiger partial charge >= 0.3 is 6.03 Å². The van der Waals surface area contributed by atoms with Gasteiger partial charge in [0.25, 0.3) is 0 Å². The molecule has 2 amide bonds. The Kier molecular flexibility index (Phi) is 5.10. The van der Waals surface area contributed by atoms with Gasteiger partial charge in [0.05, 0.1) is 0 Å². The van der Waals surface area contributed by atoms with Gasteiger partial charge in [-0.2, -0.15) is 5.10 Å². The standard InChI is InChI=1S/C20H15FN6O2/c21-14-2-4-15(5-3-14)23-20(28)24-16-6-8-17(9-7-16)29-19-11-10-18(25-26-19)27-13-1-12-22-27/h1-13H,(H2,23,24,28). The van der Waals surface area contributed by atoms with E-state index in [1.165, 1.54) is 24.3 Å². The summed E-state index contributed by atoms with van der Waals surface area (Å²) in [5.41, 5.74) is 1.05. The largest absolute Gasteiger partial charge is 0.438 e. The zero-order valence-corrected chi connectivity index (χ0v) is 15.0. The molecule has 0 radical (unpaired) electrons. The van der Waals surface area contributed by atoms with E-state index in [0.717, 1.165) is 0 Å². The van der Waals surface area contributed by atoms with Crippen molar-refractivity contribution in [3.05, 3.63) is 84.9 Å². The predicted molar refractivity (Wildman–Crippen MR) is 105 cm³/mol. The van der Waals surface area contributed by atoms with Gasteiger partial charge in [0.15, 0.2) is 5.82 Å². The van der Waals surface area contributed by atoms with Crippen LogP contribution in [0, 0.1) is 5.82 Å². The summed E-state index contributed by atoms with van der Waals surface area (Å²) >= 11 is 0. The predicted octanol–water partition coefficient (Wildman–Crippen LogP) is 4.24. The van der Waals surface area contributed by atoms with Crippen LogP contribution in [0.5, 0.6) is 11.6 Å². The van der Waals surface area contributed by atoms with Crippen LogP contribution in [0.1, 0.15) is 0 Å². The van der Waals surface area contributed by atoms with E-state index in [-0.39, 0.29) is 5.82 Å². The molecule has 0 bridgehead atoms. The Morgan fingerprint density at radius 1 is 0.897 bits per heavy atom. The summed E-state index contributed by atoms with van der Waals surface area (Å²) in [6, 6.07) is 17.0. The molecule has 0 atom stereocenters. The number of nitrogens with one attached hydrogen (secondary N) is 2. The van der Waals surface area contributed by atoms with Crippen LogP contribution in [-0.2, 0) is 0 Å². The summed E-state index contributed by atoms with van der Waals surface area (Å²) in [5.74, 6) is 1.08. The average molecular weight is 390 g/mol. The van der Waals surface area contributed by atoms with Gasteiger partial charge in [-0.15, -0.1) is 10.2 Å². The maximum atomic E-state index is 12.9. The lowest BCUT2D eigenvalue weighted by Gasteiger charge is -2.09. The zero-order valence-electron chi connectivity index (χ0n) is 15.0. The van der Waals surface area contributed by atoms with Crippen LogP contribution in [0.4, 0.5) is 20.6 Å². The molecule has 2 heterocycles. The molecule has 9 heteroatoms. The number of benzene rings is 2. The molecule has 0 unspecified atom stereocenters. The molecule has 0 fully saturated rings. The van der Waals surface area contributed by atoms with Gasteiger partial charge in [-0.1, -0.05) is 0 Å². The number of aromatic nitrogens is 4. The summed E-state index contributed by atoms with van der Waals surface area (Å²) in [6.45, 7) is 0. The lowest BCUT2D eigenvalue weighted by molar-refractivity contribution is 0.262. The Bertz CT molecular complexity index is 1080. The van der Waals surface area contributed by atoms with Crippen molar-refractivity contribution in [3.63, 3.8) is 0 Å². The van der Waals surface area contributed by atoms with Crippen LogP contribution in [0.25, 0.3) is 5.82 Å². The fourth-order valence-electron chi connectivity index (χ4n) is 2.45. The van der Waals surface area contributed by atoms with Crippen molar-refractivity contribution in [1.29, 1.82) is 0 Å². The highest BCUT2D eigenvalue weighted by Crippen LogP contribution is 2.21. The van der Waals surface area contributed by atoms with E-state index in [9.17, 15) is 9.18 Å². The second kappa shape index (κ2) is 8.17. The summed E-state index contributed by atoms with van der Waals surface area (Å²) in [6.07, 6.45) is 3.42. The van der Waals surface area contributed by atoms with Crippen molar-refractivity contribution < 1.29 is 13.9 Å². The second-order valence-electron chi connectivity index (χ2n) is 5.89. The number of nitrogens with zero attached hydrogens (tertiary/aromatic N) is 4. The minimum absolute atomic E-state index is 0.329. The van der Waals surface area contributed by atoms with Crippen molar-refractivity contribution in [2.45, 2.75) is 0 Å². The lowest BCUT2D eigenvalue weighted by Crippen LogP contribution is -2.19. The number of halogens is 1. The minimum atomic E-state index is -0.439. The van der Waals surface area contributed by atoms with Gasteiger partial charge in [0, 0.05) is 29.8 Å². The highest BCUT2D eigenvalue weighted by Gasteiger charge is 2.05. The van der Waals surface area contributed by atoms with Crippen molar-refractivity contribution in [1.82, 2.24) is 20.0 Å². The number of hydrogen-bond donors (Lipinski definition) is 2.